The Bertz CT molecular complexity index is 736. The molecule has 0 bridgehead atoms. The van der Waals surface area contributed by atoms with Crippen LogP contribution in [0.25, 0.3) is 0 Å². The van der Waals surface area contributed by atoms with Gasteiger partial charge in [-0.1, -0.05) is 18.2 Å². The lowest BCUT2D eigenvalue weighted by atomic mass is 10.2. The average Bonchev–Trinajstić information content (AvgIpc) is 2.64. The van der Waals surface area contributed by atoms with Crippen LogP contribution in [0.15, 0.2) is 60.3 Å². The molecule has 0 saturated heterocycles. The number of aromatic nitrogens is 1. The van der Waals surface area contributed by atoms with E-state index < -0.39 is 0 Å². The summed E-state index contributed by atoms with van der Waals surface area (Å²) in [5.41, 5.74) is 0.557. The SMILES string of the molecule is C=CCSc1ncccc1C(=O)NCC1COc2ccccc2O1. The minimum Gasteiger partial charge on any atom is -0.486 e. The van der Waals surface area contributed by atoms with Gasteiger partial charge < -0.3 is 14.8 Å². The summed E-state index contributed by atoms with van der Waals surface area (Å²) in [5.74, 6) is 1.97. The Morgan fingerprint density at radius 2 is 2.17 bits per heavy atom. The maximum atomic E-state index is 12.4. The van der Waals surface area contributed by atoms with Crippen LogP contribution in [-0.4, -0.2) is 35.9 Å². The molecule has 124 valence electrons. The Morgan fingerprint density at radius 3 is 3.00 bits per heavy atom. The molecule has 2 aromatic rings. The van der Waals surface area contributed by atoms with Crippen LogP contribution < -0.4 is 14.8 Å². The lowest BCUT2D eigenvalue weighted by Crippen LogP contribution is -2.40. The third-order valence-electron chi connectivity index (χ3n) is 3.41. The molecule has 0 radical (unpaired) electrons. The number of fused-ring (bicyclic) bond motifs is 1. The Morgan fingerprint density at radius 1 is 1.33 bits per heavy atom. The molecule has 24 heavy (non-hydrogen) atoms. The molecule has 0 fully saturated rings. The highest BCUT2D eigenvalue weighted by molar-refractivity contribution is 7.99. The quantitative estimate of drug-likeness (QED) is 0.646. The monoisotopic (exact) mass is 342 g/mol. The van der Waals surface area contributed by atoms with Gasteiger partial charge in [0.05, 0.1) is 12.1 Å². The second-order valence-electron chi connectivity index (χ2n) is 5.16. The number of para-hydroxylation sites is 2. The van der Waals surface area contributed by atoms with E-state index in [0.717, 1.165) is 5.75 Å². The smallest absolute Gasteiger partial charge is 0.254 e. The number of thioether (sulfide) groups is 1. The van der Waals surface area contributed by atoms with Gasteiger partial charge in [0, 0.05) is 11.9 Å². The van der Waals surface area contributed by atoms with Crippen molar-refractivity contribution in [3.05, 3.63) is 60.8 Å². The van der Waals surface area contributed by atoms with Gasteiger partial charge in [-0.2, -0.15) is 0 Å². The van der Waals surface area contributed by atoms with Gasteiger partial charge in [-0.15, -0.1) is 18.3 Å². The van der Waals surface area contributed by atoms with Crippen molar-refractivity contribution in [2.24, 2.45) is 0 Å². The Hall–Kier alpha value is -2.47. The highest BCUT2D eigenvalue weighted by Gasteiger charge is 2.22. The van der Waals surface area contributed by atoms with Crippen LogP contribution in [0.5, 0.6) is 11.5 Å². The van der Waals surface area contributed by atoms with E-state index in [-0.39, 0.29) is 12.0 Å². The summed E-state index contributed by atoms with van der Waals surface area (Å²) in [7, 11) is 0. The van der Waals surface area contributed by atoms with E-state index in [1.54, 1.807) is 24.4 Å². The first kappa shape index (κ1) is 16.4. The Kier molecular flexibility index (Phi) is 5.38. The molecule has 0 spiro atoms. The van der Waals surface area contributed by atoms with Crippen LogP contribution in [0.4, 0.5) is 0 Å². The number of carbonyl (C=O) groups is 1. The number of amides is 1. The average molecular weight is 342 g/mol. The van der Waals surface area contributed by atoms with Crippen LogP contribution >= 0.6 is 11.8 Å². The predicted molar refractivity (Wildman–Crippen MR) is 93.8 cm³/mol. The lowest BCUT2D eigenvalue weighted by molar-refractivity contribution is 0.0787. The van der Waals surface area contributed by atoms with E-state index in [4.69, 9.17) is 9.47 Å². The number of benzene rings is 1. The lowest BCUT2D eigenvalue weighted by Gasteiger charge is -2.26. The third-order valence-corrected chi connectivity index (χ3v) is 4.41. The summed E-state index contributed by atoms with van der Waals surface area (Å²) in [6, 6.07) is 11.0. The topological polar surface area (TPSA) is 60.5 Å². The standard InChI is InChI=1S/C18H18N2O3S/c1-2-10-24-18-14(6-5-9-19-18)17(21)20-11-13-12-22-15-7-3-4-8-16(15)23-13/h2-9,13H,1,10-12H2,(H,20,21). The number of pyridine rings is 1. The van der Waals surface area contributed by atoms with Crippen molar-refractivity contribution in [2.45, 2.75) is 11.1 Å². The van der Waals surface area contributed by atoms with Crippen molar-refractivity contribution in [3.63, 3.8) is 0 Å². The van der Waals surface area contributed by atoms with Crippen molar-refractivity contribution < 1.29 is 14.3 Å². The maximum Gasteiger partial charge on any atom is 0.254 e. The Labute approximate surface area is 145 Å². The first-order chi connectivity index (χ1) is 11.8. The number of hydrogen-bond donors (Lipinski definition) is 1. The molecule has 1 unspecified atom stereocenters. The largest absolute Gasteiger partial charge is 0.486 e. The number of nitrogens with one attached hydrogen (secondary N) is 1. The van der Waals surface area contributed by atoms with Crippen LogP contribution in [0.3, 0.4) is 0 Å². The summed E-state index contributed by atoms with van der Waals surface area (Å²) in [6.07, 6.45) is 3.24. The van der Waals surface area contributed by atoms with Gasteiger partial charge in [0.2, 0.25) is 0 Å². The van der Waals surface area contributed by atoms with Gasteiger partial charge in [0.1, 0.15) is 17.7 Å². The summed E-state index contributed by atoms with van der Waals surface area (Å²) in [5, 5.41) is 3.59. The fourth-order valence-electron chi connectivity index (χ4n) is 2.28. The zero-order chi connectivity index (χ0) is 16.8. The van der Waals surface area contributed by atoms with Crippen LogP contribution in [-0.2, 0) is 0 Å². The molecule has 0 saturated carbocycles. The molecule has 1 aromatic heterocycles. The fraction of sp³-hybridized carbons (Fsp3) is 0.222. The molecular weight excluding hydrogens is 324 g/mol. The molecule has 1 atom stereocenters. The molecule has 5 nitrogen and oxygen atoms in total. The van der Waals surface area contributed by atoms with Gasteiger partial charge in [0.25, 0.3) is 5.91 Å². The molecule has 2 heterocycles. The number of nitrogens with zero attached hydrogens (tertiary/aromatic N) is 1. The third kappa shape index (κ3) is 3.89. The van der Waals surface area contributed by atoms with Crippen molar-refractivity contribution in [2.75, 3.05) is 18.9 Å². The highest BCUT2D eigenvalue weighted by atomic mass is 32.2. The minimum atomic E-state index is -0.218. The molecule has 1 aliphatic heterocycles. The van der Waals surface area contributed by atoms with Gasteiger partial charge in [-0.3, -0.25) is 4.79 Å². The van der Waals surface area contributed by atoms with E-state index in [0.29, 0.717) is 35.2 Å². The first-order valence-electron chi connectivity index (χ1n) is 7.63. The van der Waals surface area contributed by atoms with E-state index in [1.807, 2.05) is 24.3 Å². The van der Waals surface area contributed by atoms with Crippen LogP contribution in [0, 0.1) is 0 Å². The number of carbonyl (C=O) groups excluding carboxylic acids is 1. The summed E-state index contributed by atoms with van der Waals surface area (Å²) < 4.78 is 11.5. The second kappa shape index (κ2) is 7.88. The summed E-state index contributed by atoms with van der Waals surface area (Å²) in [6.45, 7) is 4.46. The van der Waals surface area contributed by atoms with E-state index in [9.17, 15) is 4.79 Å². The maximum absolute atomic E-state index is 12.4. The normalized spacial score (nSPS) is 15.6. The fourth-order valence-corrected chi connectivity index (χ4v) is 3.01. The van der Waals surface area contributed by atoms with Crippen molar-refractivity contribution >= 4 is 17.7 Å². The molecule has 1 amide bonds. The van der Waals surface area contributed by atoms with E-state index in [2.05, 4.69) is 16.9 Å². The Balaban J connectivity index is 1.59. The predicted octanol–water partition coefficient (Wildman–Crippen LogP) is 2.93. The van der Waals surface area contributed by atoms with Gasteiger partial charge in [-0.05, 0) is 24.3 Å². The molecule has 0 aliphatic carbocycles. The van der Waals surface area contributed by atoms with Gasteiger partial charge in [-0.25, -0.2) is 4.98 Å². The molecule has 6 heteroatoms. The molecular formula is C18H18N2O3S. The first-order valence-corrected chi connectivity index (χ1v) is 8.62. The number of rotatable bonds is 6. The highest BCUT2D eigenvalue weighted by Crippen LogP contribution is 2.30. The minimum absolute atomic E-state index is 0.169. The summed E-state index contributed by atoms with van der Waals surface area (Å²) >= 11 is 1.48. The number of hydrogen-bond acceptors (Lipinski definition) is 5. The van der Waals surface area contributed by atoms with Gasteiger partial charge >= 0.3 is 0 Å². The van der Waals surface area contributed by atoms with Gasteiger partial charge in [0.15, 0.2) is 11.5 Å². The molecule has 1 N–H and O–H groups in total. The zero-order valence-electron chi connectivity index (χ0n) is 13.1. The molecule has 1 aliphatic rings. The van der Waals surface area contributed by atoms with Crippen molar-refractivity contribution in [1.82, 2.24) is 10.3 Å². The van der Waals surface area contributed by atoms with E-state index >= 15 is 0 Å². The van der Waals surface area contributed by atoms with Crippen molar-refractivity contribution in [3.8, 4) is 11.5 Å². The van der Waals surface area contributed by atoms with Crippen LogP contribution in [0.2, 0.25) is 0 Å². The molecule has 1 aromatic carbocycles. The second-order valence-corrected chi connectivity index (χ2v) is 6.17. The summed E-state index contributed by atoms with van der Waals surface area (Å²) in [4.78, 5) is 16.7. The number of ether oxygens (including phenoxy) is 2. The zero-order valence-corrected chi connectivity index (χ0v) is 13.9. The van der Waals surface area contributed by atoms with Crippen LogP contribution in [0.1, 0.15) is 10.4 Å². The van der Waals surface area contributed by atoms with E-state index in [1.165, 1.54) is 11.8 Å². The van der Waals surface area contributed by atoms with Crippen molar-refractivity contribution in [1.29, 1.82) is 0 Å². The molecule has 3 rings (SSSR count).